The van der Waals surface area contributed by atoms with E-state index in [0.29, 0.717) is 23.4 Å². The lowest BCUT2D eigenvalue weighted by Gasteiger charge is -2.34. The Morgan fingerprint density at radius 1 is 1.38 bits per heavy atom. The highest BCUT2D eigenvalue weighted by molar-refractivity contribution is 7.98. The monoisotopic (exact) mass is 342 g/mol. The summed E-state index contributed by atoms with van der Waals surface area (Å²) in [6.07, 6.45) is 3.28. The summed E-state index contributed by atoms with van der Waals surface area (Å²) in [5.41, 5.74) is 2.51. The number of carbonyl (C=O) groups excluding carboxylic acids is 1. The first-order chi connectivity index (χ1) is 11.6. The molecule has 2 N–H and O–H groups in total. The molecule has 24 heavy (non-hydrogen) atoms. The number of nitrogens with one attached hydrogen (secondary N) is 1. The molecule has 0 spiro atoms. The Labute approximate surface area is 144 Å². The number of nitrogens with zero attached hydrogens (tertiary/aromatic N) is 3. The summed E-state index contributed by atoms with van der Waals surface area (Å²) < 4.78 is 1.76. The molecule has 0 fully saturated rings. The van der Waals surface area contributed by atoms with Crippen molar-refractivity contribution >= 4 is 23.5 Å². The average Bonchev–Trinajstić information content (AvgIpc) is 2.95. The van der Waals surface area contributed by atoms with Gasteiger partial charge in [-0.2, -0.15) is 4.98 Å². The first kappa shape index (κ1) is 15.3. The van der Waals surface area contributed by atoms with Crippen LogP contribution in [0.5, 0.6) is 5.75 Å². The molecule has 1 aliphatic carbocycles. The largest absolute Gasteiger partial charge is 0.508 e. The van der Waals surface area contributed by atoms with E-state index in [1.54, 1.807) is 22.9 Å². The molecule has 2 aliphatic rings. The van der Waals surface area contributed by atoms with Crippen LogP contribution < -0.4 is 5.32 Å². The standard InChI is InChI=1S/C17H18N4O2S/c1-9-6-12-14(13(23)7-9)15(10-4-3-5-11(22)8-10)21-16(18-12)19-17(20-21)24-2/h3-5,8-9,15,22H,6-7H2,1-2H3,(H,18,19,20)/t9-,15+/m1/s1. The van der Waals surface area contributed by atoms with Crippen LogP contribution in [0.15, 0.2) is 40.7 Å². The van der Waals surface area contributed by atoms with E-state index >= 15 is 0 Å². The molecule has 1 aliphatic heterocycles. The van der Waals surface area contributed by atoms with Crippen LogP contribution in [0.1, 0.15) is 31.4 Å². The first-order valence-corrected chi connectivity index (χ1v) is 9.12. The van der Waals surface area contributed by atoms with Gasteiger partial charge in [0.05, 0.1) is 0 Å². The Hall–Kier alpha value is -2.28. The number of fused-ring (bicyclic) bond motifs is 1. The number of thioether (sulfide) groups is 1. The van der Waals surface area contributed by atoms with Gasteiger partial charge in [-0.1, -0.05) is 30.8 Å². The minimum absolute atomic E-state index is 0.136. The number of anilines is 1. The summed E-state index contributed by atoms with van der Waals surface area (Å²) in [6, 6.07) is 6.66. The molecule has 2 atom stereocenters. The van der Waals surface area contributed by atoms with Crippen molar-refractivity contribution in [3.63, 3.8) is 0 Å². The van der Waals surface area contributed by atoms with Crippen molar-refractivity contribution in [1.29, 1.82) is 0 Å². The van der Waals surface area contributed by atoms with Gasteiger partial charge >= 0.3 is 0 Å². The number of aromatic nitrogens is 3. The zero-order chi connectivity index (χ0) is 16.8. The quantitative estimate of drug-likeness (QED) is 0.817. The lowest BCUT2D eigenvalue weighted by molar-refractivity contribution is -0.117. The molecule has 0 bridgehead atoms. The Kier molecular flexibility index (Phi) is 3.60. The maximum absolute atomic E-state index is 12.8. The summed E-state index contributed by atoms with van der Waals surface area (Å²) in [7, 11) is 0. The molecule has 0 saturated carbocycles. The van der Waals surface area contributed by atoms with Crippen molar-refractivity contribution in [3.05, 3.63) is 41.1 Å². The number of Topliss-reactive ketones (excluding diaryl/α,β-unsaturated/α-hetero) is 1. The number of hydrogen-bond acceptors (Lipinski definition) is 6. The van der Waals surface area contributed by atoms with Crippen molar-refractivity contribution in [3.8, 4) is 5.75 Å². The van der Waals surface area contributed by atoms with Crippen molar-refractivity contribution in [2.24, 2.45) is 5.92 Å². The van der Waals surface area contributed by atoms with Gasteiger partial charge in [0.1, 0.15) is 11.8 Å². The predicted octanol–water partition coefficient (Wildman–Crippen LogP) is 2.97. The lowest BCUT2D eigenvalue weighted by Crippen LogP contribution is -2.33. The third kappa shape index (κ3) is 2.39. The number of aromatic hydroxyl groups is 1. The van der Waals surface area contributed by atoms with E-state index in [4.69, 9.17) is 0 Å². The molecule has 0 unspecified atom stereocenters. The predicted molar refractivity (Wildman–Crippen MR) is 92.1 cm³/mol. The van der Waals surface area contributed by atoms with E-state index in [9.17, 15) is 9.90 Å². The van der Waals surface area contributed by atoms with Crippen LogP contribution in [0.2, 0.25) is 0 Å². The summed E-state index contributed by atoms with van der Waals surface area (Å²) in [6.45, 7) is 2.08. The van der Waals surface area contributed by atoms with E-state index in [-0.39, 0.29) is 17.6 Å². The van der Waals surface area contributed by atoms with Crippen LogP contribution in [0.25, 0.3) is 0 Å². The molecular formula is C17H18N4O2S. The number of phenolic OH excluding ortho intramolecular Hbond substituents is 1. The third-order valence-electron chi connectivity index (χ3n) is 4.47. The molecule has 4 rings (SSSR count). The number of rotatable bonds is 2. The fourth-order valence-corrected chi connectivity index (χ4v) is 3.82. The Morgan fingerprint density at radius 2 is 2.21 bits per heavy atom. The maximum Gasteiger partial charge on any atom is 0.227 e. The number of allylic oxidation sites excluding steroid dienone is 2. The Bertz CT molecular complexity index is 858. The number of ketones is 1. The Morgan fingerprint density at radius 3 is 2.96 bits per heavy atom. The lowest BCUT2D eigenvalue weighted by atomic mass is 9.81. The van der Waals surface area contributed by atoms with Gasteiger partial charge in [0.15, 0.2) is 5.78 Å². The van der Waals surface area contributed by atoms with E-state index in [1.165, 1.54) is 11.8 Å². The Balaban J connectivity index is 1.92. The molecule has 0 saturated heterocycles. The van der Waals surface area contributed by atoms with Crippen molar-refractivity contribution in [2.75, 3.05) is 11.6 Å². The van der Waals surface area contributed by atoms with Crippen LogP contribution >= 0.6 is 11.8 Å². The van der Waals surface area contributed by atoms with Crippen LogP contribution in [0.3, 0.4) is 0 Å². The van der Waals surface area contributed by atoms with Gasteiger partial charge in [-0.15, -0.1) is 5.10 Å². The molecular weight excluding hydrogens is 324 g/mol. The molecule has 2 aromatic rings. The molecule has 7 heteroatoms. The second-order valence-electron chi connectivity index (χ2n) is 6.32. The molecule has 1 aromatic carbocycles. The first-order valence-electron chi connectivity index (χ1n) is 7.89. The summed E-state index contributed by atoms with van der Waals surface area (Å²) in [5.74, 6) is 1.27. The fraction of sp³-hybridized carbons (Fsp3) is 0.353. The minimum Gasteiger partial charge on any atom is -0.508 e. The van der Waals surface area contributed by atoms with E-state index < -0.39 is 0 Å². The number of benzene rings is 1. The highest BCUT2D eigenvalue weighted by atomic mass is 32.2. The van der Waals surface area contributed by atoms with E-state index in [0.717, 1.165) is 23.3 Å². The van der Waals surface area contributed by atoms with Crippen LogP contribution in [-0.2, 0) is 4.79 Å². The van der Waals surface area contributed by atoms with Gasteiger partial charge in [0.2, 0.25) is 11.1 Å². The van der Waals surface area contributed by atoms with Crippen molar-refractivity contribution < 1.29 is 9.90 Å². The summed E-state index contributed by atoms with van der Waals surface area (Å²) in [5, 5.41) is 18.4. The molecule has 6 nitrogen and oxygen atoms in total. The third-order valence-corrected chi connectivity index (χ3v) is 5.01. The second-order valence-corrected chi connectivity index (χ2v) is 7.09. The average molecular weight is 342 g/mol. The highest BCUT2D eigenvalue weighted by Crippen LogP contribution is 2.42. The normalized spacial score (nSPS) is 22.8. The van der Waals surface area contributed by atoms with Crippen molar-refractivity contribution in [1.82, 2.24) is 14.8 Å². The van der Waals surface area contributed by atoms with Gasteiger partial charge < -0.3 is 10.4 Å². The minimum atomic E-state index is -0.350. The smallest absolute Gasteiger partial charge is 0.227 e. The number of phenols is 1. The van der Waals surface area contributed by atoms with Crippen LogP contribution in [0, 0.1) is 5.92 Å². The number of hydrogen-bond donors (Lipinski definition) is 2. The molecule has 124 valence electrons. The van der Waals surface area contributed by atoms with Gasteiger partial charge in [0, 0.05) is 17.7 Å². The van der Waals surface area contributed by atoms with Gasteiger partial charge in [-0.25, -0.2) is 4.68 Å². The maximum atomic E-state index is 12.8. The van der Waals surface area contributed by atoms with E-state index in [1.807, 2.05) is 12.3 Å². The summed E-state index contributed by atoms with van der Waals surface area (Å²) >= 11 is 1.46. The topological polar surface area (TPSA) is 80.0 Å². The zero-order valence-corrected chi connectivity index (χ0v) is 14.3. The fourth-order valence-electron chi connectivity index (χ4n) is 3.48. The molecule has 1 aromatic heterocycles. The van der Waals surface area contributed by atoms with Gasteiger partial charge in [-0.05, 0) is 36.3 Å². The SMILES string of the molecule is CSc1nc2n(n1)[C@@H](c1cccc(O)c1)C1=C(C[C@@H](C)CC1=O)N2. The number of carbonyl (C=O) groups is 1. The molecule has 0 amide bonds. The zero-order valence-electron chi connectivity index (χ0n) is 13.5. The molecule has 0 radical (unpaired) electrons. The molecule has 2 heterocycles. The van der Waals surface area contributed by atoms with Crippen LogP contribution in [0.4, 0.5) is 5.95 Å². The van der Waals surface area contributed by atoms with Crippen molar-refractivity contribution in [2.45, 2.75) is 31.0 Å². The highest BCUT2D eigenvalue weighted by Gasteiger charge is 2.38. The van der Waals surface area contributed by atoms with E-state index in [2.05, 4.69) is 22.3 Å². The van der Waals surface area contributed by atoms with Crippen LogP contribution in [-0.4, -0.2) is 31.9 Å². The van der Waals surface area contributed by atoms with Gasteiger partial charge in [0.25, 0.3) is 0 Å². The summed E-state index contributed by atoms with van der Waals surface area (Å²) in [4.78, 5) is 17.3. The van der Waals surface area contributed by atoms with Gasteiger partial charge in [-0.3, -0.25) is 4.79 Å². The second kappa shape index (κ2) is 5.66.